The van der Waals surface area contributed by atoms with E-state index in [1.165, 1.54) is 0 Å². The molecule has 0 spiro atoms. The molecule has 0 saturated carbocycles. The van der Waals surface area contributed by atoms with Crippen molar-refractivity contribution in [3.05, 3.63) is 48.6 Å². The quantitative estimate of drug-likeness (QED) is 0.702. The van der Waals surface area contributed by atoms with E-state index in [9.17, 15) is 9.90 Å². The third kappa shape index (κ3) is 2.49. The summed E-state index contributed by atoms with van der Waals surface area (Å²) < 4.78 is 0.301. The van der Waals surface area contributed by atoms with Gasteiger partial charge in [-0.15, -0.1) is 0 Å². The third-order valence-electron chi connectivity index (χ3n) is 3.23. The maximum Gasteiger partial charge on any atom is 0.223 e. The second-order valence-electron chi connectivity index (χ2n) is 4.49. The van der Waals surface area contributed by atoms with Gasteiger partial charge in [0.2, 0.25) is 5.84 Å². The van der Waals surface area contributed by atoms with Gasteiger partial charge in [-0.1, -0.05) is 36.9 Å². The molecule has 1 aromatic carbocycles. The Labute approximate surface area is 106 Å². The molecule has 1 atom stereocenters. The van der Waals surface area contributed by atoms with E-state index in [4.69, 9.17) is 0 Å². The lowest BCUT2D eigenvalue weighted by atomic mass is 10.1. The van der Waals surface area contributed by atoms with Gasteiger partial charge in [-0.25, -0.2) is 4.99 Å². The van der Waals surface area contributed by atoms with Gasteiger partial charge in [-0.2, -0.15) is 0 Å². The highest BCUT2D eigenvalue weighted by Gasteiger charge is 2.36. The molecule has 1 aliphatic heterocycles. The number of hydrogen-bond donors (Lipinski definition) is 0. The molecule has 0 saturated heterocycles. The molecule has 0 fully saturated rings. The van der Waals surface area contributed by atoms with Crippen LogP contribution in [-0.4, -0.2) is 35.9 Å². The second kappa shape index (κ2) is 5.14. The van der Waals surface area contributed by atoms with Gasteiger partial charge in [0.05, 0.1) is 12.5 Å². The van der Waals surface area contributed by atoms with Crippen molar-refractivity contribution in [1.29, 1.82) is 0 Å². The lowest BCUT2D eigenvalue weighted by molar-refractivity contribution is -0.842. The largest absolute Gasteiger partial charge is 0.544 e. The van der Waals surface area contributed by atoms with Gasteiger partial charge in [0, 0.05) is 11.6 Å². The molecule has 1 aromatic rings. The summed E-state index contributed by atoms with van der Waals surface area (Å²) in [7, 11) is 0. The predicted molar refractivity (Wildman–Crippen MR) is 67.6 cm³/mol. The van der Waals surface area contributed by atoms with Gasteiger partial charge in [-0.05, 0) is 0 Å². The standard InChI is InChI=1S/C14H16N2O2/c1-2-13-15-8-9-16(13,11-14(17)18)10-12-6-4-3-5-7-12/h2-7H,1,8-11H2. The number of carbonyl (C=O) groups is 1. The monoisotopic (exact) mass is 244 g/mol. The number of carboxylic acids is 1. The molecule has 0 amide bonds. The highest BCUT2D eigenvalue weighted by Crippen LogP contribution is 2.20. The Morgan fingerprint density at radius 2 is 2.17 bits per heavy atom. The fourth-order valence-electron chi connectivity index (χ4n) is 2.43. The van der Waals surface area contributed by atoms with Gasteiger partial charge >= 0.3 is 0 Å². The van der Waals surface area contributed by atoms with Crippen LogP contribution in [0.25, 0.3) is 0 Å². The molecule has 4 heteroatoms. The number of nitrogens with zero attached hydrogens (tertiary/aromatic N) is 2. The van der Waals surface area contributed by atoms with E-state index in [2.05, 4.69) is 11.6 Å². The number of benzene rings is 1. The average Bonchev–Trinajstić information content (AvgIpc) is 2.72. The van der Waals surface area contributed by atoms with Crippen LogP contribution in [0.1, 0.15) is 5.56 Å². The first-order chi connectivity index (χ1) is 8.66. The van der Waals surface area contributed by atoms with Crippen molar-refractivity contribution in [3.63, 3.8) is 0 Å². The molecule has 18 heavy (non-hydrogen) atoms. The van der Waals surface area contributed by atoms with Crippen molar-refractivity contribution < 1.29 is 14.4 Å². The highest BCUT2D eigenvalue weighted by atomic mass is 16.4. The van der Waals surface area contributed by atoms with Gasteiger partial charge in [-0.3, -0.25) is 4.48 Å². The Balaban J connectivity index is 2.29. The number of aliphatic imine (C=N–C) groups is 1. The van der Waals surface area contributed by atoms with Crippen molar-refractivity contribution in [2.75, 3.05) is 19.6 Å². The molecule has 1 unspecified atom stereocenters. The maximum absolute atomic E-state index is 11.0. The maximum atomic E-state index is 11.0. The number of hydrogen-bond acceptors (Lipinski definition) is 3. The predicted octanol–water partition coefficient (Wildman–Crippen LogP) is 0.351. The summed E-state index contributed by atoms with van der Waals surface area (Å²) in [6.07, 6.45) is 1.65. The molecule has 1 aliphatic rings. The van der Waals surface area contributed by atoms with Gasteiger partial charge in [0.25, 0.3) is 0 Å². The summed E-state index contributed by atoms with van der Waals surface area (Å²) in [5, 5.41) is 11.0. The Hall–Kier alpha value is -1.94. The Kier molecular flexibility index (Phi) is 3.58. The summed E-state index contributed by atoms with van der Waals surface area (Å²) in [5.41, 5.74) is 1.09. The van der Waals surface area contributed by atoms with Crippen molar-refractivity contribution in [2.45, 2.75) is 6.54 Å². The SMILES string of the molecule is C=CC1=NCC[N+]1(CC(=O)[O-])Cc1ccccc1. The smallest absolute Gasteiger partial charge is 0.223 e. The first-order valence-electron chi connectivity index (χ1n) is 5.94. The van der Waals surface area contributed by atoms with Crippen LogP contribution in [0.15, 0.2) is 48.0 Å². The second-order valence-corrected chi connectivity index (χ2v) is 4.49. The van der Waals surface area contributed by atoms with Crippen LogP contribution in [0.4, 0.5) is 0 Å². The van der Waals surface area contributed by atoms with Crippen molar-refractivity contribution >= 4 is 11.8 Å². The van der Waals surface area contributed by atoms with Crippen LogP contribution in [0.5, 0.6) is 0 Å². The zero-order valence-corrected chi connectivity index (χ0v) is 10.2. The zero-order chi connectivity index (χ0) is 13.0. The Morgan fingerprint density at radius 3 is 2.78 bits per heavy atom. The van der Waals surface area contributed by atoms with E-state index in [0.717, 1.165) is 11.4 Å². The molecule has 2 rings (SSSR count). The van der Waals surface area contributed by atoms with E-state index in [1.807, 2.05) is 30.3 Å². The first kappa shape index (κ1) is 12.5. The van der Waals surface area contributed by atoms with Gasteiger partial charge in [0.15, 0.2) is 0 Å². The fourth-order valence-corrected chi connectivity index (χ4v) is 2.43. The summed E-state index contributed by atoms with van der Waals surface area (Å²) in [5.74, 6) is -0.314. The topological polar surface area (TPSA) is 52.5 Å². The molecular formula is C14H16N2O2. The molecule has 0 aromatic heterocycles. The molecule has 0 N–H and O–H groups in total. The van der Waals surface area contributed by atoms with E-state index in [1.54, 1.807) is 6.08 Å². The number of quaternary nitrogens is 1. The number of carbonyl (C=O) groups excluding carboxylic acids is 1. The van der Waals surface area contributed by atoms with Crippen LogP contribution in [0, 0.1) is 0 Å². The van der Waals surface area contributed by atoms with Gasteiger partial charge in [0.1, 0.15) is 19.6 Å². The average molecular weight is 244 g/mol. The number of aliphatic carboxylic acids is 1. The number of rotatable bonds is 5. The molecule has 0 aliphatic carbocycles. The zero-order valence-electron chi connectivity index (χ0n) is 10.2. The number of amidine groups is 1. The van der Waals surface area contributed by atoms with Crippen molar-refractivity contribution in [3.8, 4) is 0 Å². The van der Waals surface area contributed by atoms with Crippen LogP contribution < -0.4 is 5.11 Å². The minimum atomic E-state index is -1.05. The Morgan fingerprint density at radius 1 is 1.44 bits per heavy atom. The van der Waals surface area contributed by atoms with Crippen LogP contribution in [0.2, 0.25) is 0 Å². The lowest BCUT2D eigenvalue weighted by Gasteiger charge is -2.34. The van der Waals surface area contributed by atoms with E-state index in [-0.39, 0.29) is 6.54 Å². The van der Waals surface area contributed by atoms with Crippen molar-refractivity contribution in [2.24, 2.45) is 4.99 Å². The van der Waals surface area contributed by atoms with Crippen LogP contribution >= 0.6 is 0 Å². The van der Waals surface area contributed by atoms with Crippen molar-refractivity contribution in [1.82, 2.24) is 0 Å². The van der Waals surface area contributed by atoms with E-state index in [0.29, 0.717) is 24.1 Å². The Bertz CT molecular complexity index is 482. The third-order valence-corrected chi connectivity index (χ3v) is 3.23. The summed E-state index contributed by atoms with van der Waals surface area (Å²) in [6.45, 7) is 5.61. The molecule has 1 heterocycles. The lowest BCUT2D eigenvalue weighted by Crippen LogP contribution is -2.55. The summed E-state index contributed by atoms with van der Waals surface area (Å²) in [4.78, 5) is 15.3. The fraction of sp³-hybridized carbons (Fsp3) is 0.286. The molecular weight excluding hydrogens is 228 g/mol. The minimum Gasteiger partial charge on any atom is -0.544 e. The molecule has 4 nitrogen and oxygen atoms in total. The summed E-state index contributed by atoms with van der Waals surface area (Å²) in [6, 6.07) is 9.83. The van der Waals surface area contributed by atoms with Crippen LogP contribution in [0.3, 0.4) is 0 Å². The minimum absolute atomic E-state index is 0.0558. The number of carboxylic acid groups (broad SMARTS) is 1. The van der Waals surface area contributed by atoms with E-state index >= 15 is 0 Å². The first-order valence-corrected chi connectivity index (χ1v) is 5.94. The van der Waals surface area contributed by atoms with E-state index < -0.39 is 5.97 Å². The van der Waals surface area contributed by atoms with Crippen LogP contribution in [-0.2, 0) is 11.3 Å². The highest BCUT2D eigenvalue weighted by molar-refractivity contribution is 5.88. The molecule has 0 radical (unpaired) electrons. The molecule has 94 valence electrons. The van der Waals surface area contributed by atoms with Gasteiger partial charge < -0.3 is 9.90 Å². The molecule has 0 bridgehead atoms. The summed E-state index contributed by atoms with van der Waals surface area (Å²) >= 11 is 0. The normalized spacial score (nSPS) is 22.6.